The van der Waals surface area contributed by atoms with Crippen molar-refractivity contribution in [2.75, 3.05) is 11.1 Å². The number of carbonyl (C=O) groups excluding carboxylic acids is 1. The van der Waals surface area contributed by atoms with Crippen molar-refractivity contribution in [3.8, 4) is 0 Å². The number of anilines is 1. The Morgan fingerprint density at radius 3 is 2.23 bits per heavy atom. The summed E-state index contributed by atoms with van der Waals surface area (Å²) in [6, 6.07) is 21.6. The molecule has 3 N–H and O–H groups in total. The number of pyridine rings is 1. The van der Waals surface area contributed by atoms with Gasteiger partial charge in [-0.25, -0.2) is 9.78 Å². The molecule has 4 bridgehead atoms. The van der Waals surface area contributed by atoms with E-state index in [0.717, 1.165) is 70.2 Å². The number of urea groups is 1. The number of thioether (sulfide) groups is 1. The number of rotatable bonds is 8. The molecule has 0 unspecified atom stereocenters. The highest BCUT2D eigenvalue weighted by Crippen LogP contribution is 2.55. The minimum absolute atomic E-state index is 0.0113. The number of nitrogens with zero attached hydrogens (tertiary/aromatic N) is 1. The van der Waals surface area contributed by atoms with Crippen molar-refractivity contribution in [1.82, 2.24) is 10.3 Å². The van der Waals surface area contributed by atoms with Gasteiger partial charge in [0.25, 0.3) is 0 Å². The van der Waals surface area contributed by atoms with Crippen LogP contribution in [-0.4, -0.2) is 33.5 Å². The lowest BCUT2D eigenvalue weighted by Gasteiger charge is -2.56. The zero-order valence-corrected chi connectivity index (χ0v) is 25.5. The quantitative estimate of drug-likeness (QED) is 0.236. The van der Waals surface area contributed by atoms with Gasteiger partial charge in [0.2, 0.25) is 0 Å². The average Bonchev–Trinajstić information content (AvgIpc) is 3.00. The van der Waals surface area contributed by atoms with Gasteiger partial charge in [0.05, 0.1) is 23.8 Å². The molecule has 1 saturated heterocycles. The molecule has 7 nitrogen and oxygen atoms in total. The molecule has 2 heterocycles. The molecule has 4 aliphatic carbocycles. The van der Waals surface area contributed by atoms with Crippen molar-refractivity contribution in [3.63, 3.8) is 0 Å². The van der Waals surface area contributed by atoms with Crippen LogP contribution in [0.4, 0.5) is 10.5 Å². The summed E-state index contributed by atoms with van der Waals surface area (Å²) in [5.74, 6) is 3.19. The Balaban J connectivity index is 1.04. The second kappa shape index (κ2) is 12.2. The van der Waals surface area contributed by atoms with Crippen LogP contribution in [0.15, 0.2) is 78.0 Å². The van der Waals surface area contributed by atoms with Crippen LogP contribution in [0.5, 0.6) is 0 Å². The third-order valence-corrected chi connectivity index (χ3v) is 11.0. The van der Waals surface area contributed by atoms with Crippen LogP contribution in [0, 0.1) is 23.7 Å². The number of aliphatic hydroxyl groups is 1. The predicted molar refractivity (Wildman–Crippen MR) is 167 cm³/mol. The Morgan fingerprint density at radius 1 is 0.930 bits per heavy atom. The van der Waals surface area contributed by atoms with E-state index in [1.807, 2.05) is 72.9 Å². The Bertz CT molecular complexity index is 1370. The summed E-state index contributed by atoms with van der Waals surface area (Å²) in [7, 11) is 0. The van der Waals surface area contributed by atoms with Crippen molar-refractivity contribution >= 4 is 23.5 Å². The van der Waals surface area contributed by atoms with Crippen molar-refractivity contribution in [2.45, 2.75) is 81.1 Å². The van der Waals surface area contributed by atoms with Gasteiger partial charge in [-0.2, -0.15) is 0 Å². The number of hydrogen-bond acceptors (Lipinski definition) is 6. The van der Waals surface area contributed by atoms with Crippen molar-refractivity contribution in [2.24, 2.45) is 23.7 Å². The molecule has 1 aromatic heterocycles. The largest absolute Gasteiger partial charge is 0.392 e. The van der Waals surface area contributed by atoms with Crippen molar-refractivity contribution < 1.29 is 19.4 Å². The van der Waals surface area contributed by atoms with Gasteiger partial charge in [-0.05, 0) is 91.7 Å². The van der Waals surface area contributed by atoms with Gasteiger partial charge in [0, 0.05) is 34.7 Å². The van der Waals surface area contributed by atoms with Crippen molar-refractivity contribution in [1.29, 1.82) is 0 Å². The highest BCUT2D eigenvalue weighted by molar-refractivity contribution is 7.99. The summed E-state index contributed by atoms with van der Waals surface area (Å²) >= 11 is 1.68. The summed E-state index contributed by atoms with van der Waals surface area (Å²) in [5.41, 5.74) is 3.58. The first-order valence-corrected chi connectivity index (χ1v) is 16.7. The summed E-state index contributed by atoms with van der Waals surface area (Å²) in [6.07, 6.45) is 8.45. The molecule has 8 rings (SSSR count). The predicted octanol–water partition coefficient (Wildman–Crippen LogP) is 7.25. The molecule has 2 aromatic carbocycles. The van der Waals surface area contributed by atoms with E-state index in [2.05, 4.69) is 22.5 Å². The van der Waals surface area contributed by atoms with Gasteiger partial charge in [-0.15, -0.1) is 11.8 Å². The zero-order valence-electron chi connectivity index (χ0n) is 24.7. The molecule has 0 radical (unpaired) electrons. The normalized spacial score (nSPS) is 32.8. The third-order valence-electron chi connectivity index (χ3n) is 10.0. The molecule has 1 aliphatic heterocycles. The fourth-order valence-corrected chi connectivity index (χ4v) is 9.33. The topological polar surface area (TPSA) is 92.7 Å². The number of carbonyl (C=O) groups is 1. The van der Waals surface area contributed by atoms with Crippen LogP contribution in [0.1, 0.15) is 74.5 Å². The number of nitrogens with one attached hydrogen (secondary N) is 2. The lowest BCUT2D eigenvalue weighted by atomic mass is 9.53. The molecule has 3 aromatic rings. The Hall–Kier alpha value is -2.91. The molecular formula is C35H41N3O4S. The summed E-state index contributed by atoms with van der Waals surface area (Å²) in [4.78, 5) is 17.6. The van der Waals surface area contributed by atoms with Crippen LogP contribution >= 0.6 is 11.8 Å². The first-order valence-electron chi connectivity index (χ1n) is 15.7. The van der Waals surface area contributed by atoms with E-state index in [1.165, 1.54) is 19.3 Å². The monoisotopic (exact) mass is 599 g/mol. The number of amides is 2. The molecular weight excluding hydrogens is 558 g/mol. The smallest absolute Gasteiger partial charge is 0.319 e. The van der Waals surface area contributed by atoms with Gasteiger partial charge >= 0.3 is 6.03 Å². The van der Waals surface area contributed by atoms with E-state index < -0.39 is 6.29 Å². The summed E-state index contributed by atoms with van der Waals surface area (Å²) in [5, 5.41) is 17.0. The second-order valence-corrected chi connectivity index (χ2v) is 14.2. The van der Waals surface area contributed by atoms with Gasteiger partial charge in [0.15, 0.2) is 6.29 Å². The highest BCUT2D eigenvalue weighted by atomic mass is 32.2. The molecule has 43 heavy (non-hydrogen) atoms. The molecule has 2 amide bonds. The second-order valence-electron chi connectivity index (χ2n) is 13.2. The third kappa shape index (κ3) is 6.34. The minimum Gasteiger partial charge on any atom is -0.392 e. The van der Waals surface area contributed by atoms with Gasteiger partial charge in [0.1, 0.15) is 0 Å². The highest BCUT2D eigenvalue weighted by Gasteiger charge is 2.51. The van der Waals surface area contributed by atoms with Crippen LogP contribution in [0.25, 0.3) is 0 Å². The fourth-order valence-electron chi connectivity index (χ4n) is 8.30. The molecule has 5 aliphatic rings. The SMILES string of the molecule is C[C@@H]1[C@H](CSc2ccccn2)O[C@H](c2ccc(NC(=O)NC34CC5CC(CC(C5)C3)C4)cc2)O[C@@H]1c1ccc(CO)cc1. The average molecular weight is 600 g/mol. The first-order chi connectivity index (χ1) is 20.9. The van der Waals surface area contributed by atoms with E-state index in [4.69, 9.17) is 9.47 Å². The molecule has 4 saturated carbocycles. The van der Waals surface area contributed by atoms with Crippen LogP contribution < -0.4 is 10.6 Å². The molecule has 0 spiro atoms. The summed E-state index contributed by atoms with van der Waals surface area (Å²) in [6.45, 7) is 2.18. The van der Waals surface area contributed by atoms with Crippen LogP contribution in [0.3, 0.4) is 0 Å². The zero-order chi connectivity index (χ0) is 29.4. The van der Waals surface area contributed by atoms with Gasteiger partial charge < -0.3 is 25.2 Å². The summed E-state index contributed by atoms with van der Waals surface area (Å²) < 4.78 is 13.2. The maximum atomic E-state index is 13.1. The van der Waals surface area contributed by atoms with Gasteiger partial charge in [-0.1, -0.05) is 49.4 Å². The minimum atomic E-state index is -0.553. The van der Waals surface area contributed by atoms with Gasteiger partial charge in [-0.3, -0.25) is 0 Å². The maximum Gasteiger partial charge on any atom is 0.319 e. The maximum absolute atomic E-state index is 13.1. The lowest BCUT2D eigenvalue weighted by molar-refractivity contribution is -0.268. The molecule has 226 valence electrons. The Labute approximate surface area is 258 Å². The van der Waals surface area contributed by atoms with E-state index >= 15 is 0 Å². The first kappa shape index (κ1) is 28.8. The number of hydrogen-bond donors (Lipinski definition) is 3. The lowest BCUT2D eigenvalue weighted by Crippen LogP contribution is -2.60. The number of benzene rings is 2. The Kier molecular flexibility index (Phi) is 8.20. The fraction of sp³-hybridized carbons (Fsp3) is 0.486. The number of aliphatic hydroxyl groups excluding tert-OH is 1. The number of ether oxygens (including phenoxy) is 2. The van der Waals surface area contributed by atoms with E-state index in [0.29, 0.717) is 0 Å². The van der Waals surface area contributed by atoms with Crippen molar-refractivity contribution in [3.05, 3.63) is 89.6 Å². The van der Waals surface area contributed by atoms with E-state index in [9.17, 15) is 9.90 Å². The van der Waals surface area contributed by atoms with Crippen LogP contribution in [0.2, 0.25) is 0 Å². The standard InChI is InChI=1S/C35H41N3O4S/c1-22-30(21-43-31-4-2-3-13-36-31)41-33(42-32(22)27-7-5-23(20-39)6-8-27)28-9-11-29(12-10-28)37-34(40)38-35-17-24-14-25(18-35)16-26(15-24)19-35/h2-13,22,24-26,30,32-33,39H,14-21H2,1H3,(H2,37,38,40)/t22-,24?,25?,26?,30+,32+,33+,35?/m1/s1. The van der Waals surface area contributed by atoms with E-state index in [-0.39, 0.29) is 36.3 Å². The molecule has 4 atom stereocenters. The Morgan fingerprint density at radius 2 is 1.60 bits per heavy atom. The van der Waals surface area contributed by atoms with E-state index in [1.54, 1.807) is 11.8 Å². The molecule has 5 fully saturated rings. The van der Waals surface area contributed by atoms with Crippen LogP contribution in [-0.2, 0) is 16.1 Å². The number of aromatic nitrogens is 1. The molecule has 8 heteroatoms.